The Morgan fingerprint density at radius 2 is 0.474 bits per heavy atom. The Labute approximate surface area is 474 Å². The van der Waals surface area contributed by atoms with Crippen molar-refractivity contribution in [2.75, 3.05) is 13.2 Å². The van der Waals surface area contributed by atoms with Crippen LogP contribution < -0.4 is 0 Å². The minimum absolute atomic E-state index is 0.0727. The molecule has 0 aromatic carbocycles. The summed E-state index contributed by atoms with van der Waals surface area (Å²) in [6.07, 6.45) is 80.1. The standard InChI is InChI=1S/C70H130O6/c1-4-7-10-13-16-19-22-25-28-31-33-35-37-39-42-45-48-51-54-57-60-63-69(72)75-66-67(65-74-68(71)62-59-56-53-50-47-44-41-30-27-24-21-18-15-12-9-6-3)76-70(73)64-61-58-55-52-49-46-43-40-38-36-34-32-29-26-23-20-17-14-11-8-5-2/h22,25,30-31,33,41,67H,4-21,23-24,26-29,32,34-40,42-66H2,1-3H3/b25-22-,33-31-,41-30-. The molecule has 1 atom stereocenters. The van der Waals surface area contributed by atoms with Gasteiger partial charge in [-0.3, -0.25) is 14.4 Å². The van der Waals surface area contributed by atoms with E-state index in [9.17, 15) is 14.4 Å². The van der Waals surface area contributed by atoms with E-state index in [0.717, 1.165) is 70.6 Å². The quantitative estimate of drug-likeness (QED) is 0.0261. The van der Waals surface area contributed by atoms with Crippen LogP contribution in [0.4, 0.5) is 0 Å². The predicted molar refractivity (Wildman–Crippen MR) is 330 cm³/mol. The monoisotopic (exact) mass is 1070 g/mol. The molecule has 0 rings (SSSR count). The van der Waals surface area contributed by atoms with Crippen molar-refractivity contribution in [2.45, 2.75) is 380 Å². The summed E-state index contributed by atoms with van der Waals surface area (Å²) in [6.45, 7) is 6.69. The number of rotatable bonds is 63. The van der Waals surface area contributed by atoms with Gasteiger partial charge in [-0.1, -0.05) is 314 Å². The second-order valence-electron chi connectivity index (χ2n) is 23.1. The van der Waals surface area contributed by atoms with Gasteiger partial charge in [0.1, 0.15) is 13.2 Å². The lowest BCUT2D eigenvalue weighted by atomic mass is 10.0. The van der Waals surface area contributed by atoms with Crippen LogP contribution in [0, 0.1) is 0 Å². The molecule has 0 aliphatic heterocycles. The highest BCUT2D eigenvalue weighted by Gasteiger charge is 2.19. The molecule has 0 N–H and O–H groups in total. The molecule has 6 nitrogen and oxygen atoms in total. The molecule has 0 bridgehead atoms. The molecule has 0 spiro atoms. The normalized spacial score (nSPS) is 12.2. The van der Waals surface area contributed by atoms with E-state index in [1.165, 1.54) is 263 Å². The van der Waals surface area contributed by atoms with Crippen LogP contribution in [0.25, 0.3) is 0 Å². The number of hydrogen-bond acceptors (Lipinski definition) is 6. The van der Waals surface area contributed by atoms with Crippen molar-refractivity contribution < 1.29 is 28.6 Å². The summed E-state index contributed by atoms with van der Waals surface area (Å²) < 4.78 is 17.0. The highest BCUT2D eigenvalue weighted by molar-refractivity contribution is 5.71. The summed E-state index contributed by atoms with van der Waals surface area (Å²) in [5.74, 6) is -0.857. The number of hydrogen-bond donors (Lipinski definition) is 0. The highest BCUT2D eigenvalue weighted by atomic mass is 16.6. The maximum Gasteiger partial charge on any atom is 0.306 e. The average molecular weight is 1070 g/mol. The zero-order valence-corrected chi connectivity index (χ0v) is 51.3. The Morgan fingerprint density at radius 3 is 0.737 bits per heavy atom. The second kappa shape index (κ2) is 65.2. The van der Waals surface area contributed by atoms with Gasteiger partial charge in [-0.25, -0.2) is 0 Å². The minimum atomic E-state index is -0.776. The van der Waals surface area contributed by atoms with E-state index in [-0.39, 0.29) is 31.1 Å². The molecular weight excluding hydrogens is 937 g/mol. The lowest BCUT2D eigenvalue weighted by Gasteiger charge is -2.18. The van der Waals surface area contributed by atoms with E-state index in [4.69, 9.17) is 14.2 Å². The molecule has 0 aromatic heterocycles. The van der Waals surface area contributed by atoms with E-state index in [0.29, 0.717) is 19.3 Å². The number of esters is 3. The lowest BCUT2D eigenvalue weighted by Crippen LogP contribution is -2.30. The van der Waals surface area contributed by atoms with Crippen molar-refractivity contribution in [3.63, 3.8) is 0 Å². The van der Waals surface area contributed by atoms with E-state index < -0.39 is 6.10 Å². The fourth-order valence-electron chi connectivity index (χ4n) is 10.2. The maximum atomic E-state index is 12.9. The average Bonchev–Trinajstić information content (AvgIpc) is 3.42. The van der Waals surface area contributed by atoms with Crippen molar-refractivity contribution in [3.8, 4) is 0 Å². The summed E-state index contributed by atoms with van der Waals surface area (Å²) in [7, 11) is 0. The Bertz CT molecular complexity index is 1270. The molecule has 0 saturated heterocycles. The highest BCUT2D eigenvalue weighted by Crippen LogP contribution is 2.18. The maximum absolute atomic E-state index is 12.9. The molecule has 0 heterocycles. The van der Waals surface area contributed by atoms with Crippen LogP contribution in [0.2, 0.25) is 0 Å². The van der Waals surface area contributed by atoms with E-state index in [2.05, 4.69) is 57.2 Å². The molecular formula is C70H130O6. The molecule has 0 fully saturated rings. The van der Waals surface area contributed by atoms with Gasteiger partial charge in [-0.2, -0.15) is 0 Å². The second-order valence-corrected chi connectivity index (χ2v) is 23.1. The van der Waals surface area contributed by atoms with E-state index >= 15 is 0 Å². The van der Waals surface area contributed by atoms with Crippen molar-refractivity contribution >= 4 is 17.9 Å². The molecule has 76 heavy (non-hydrogen) atoms. The van der Waals surface area contributed by atoms with Crippen LogP contribution >= 0.6 is 0 Å². The number of allylic oxidation sites excluding steroid dienone is 6. The molecule has 0 saturated carbocycles. The summed E-state index contributed by atoms with van der Waals surface area (Å²) in [5, 5.41) is 0. The third-order valence-electron chi connectivity index (χ3n) is 15.4. The largest absolute Gasteiger partial charge is 0.462 e. The molecule has 6 heteroatoms. The van der Waals surface area contributed by atoms with Gasteiger partial charge in [0.2, 0.25) is 0 Å². The third-order valence-corrected chi connectivity index (χ3v) is 15.4. The van der Waals surface area contributed by atoms with Crippen molar-refractivity contribution in [1.29, 1.82) is 0 Å². The summed E-state index contributed by atoms with van der Waals surface area (Å²) in [4.78, 5) is 38.4. The summed E-state index contributed by atoms with van der Waals surface area (Å²) in [5.41, 5.74) is 0. The third kappa shape index (κ3) is 62.5. The van der Waals surface area contributed by atoms with Gasteiger partial charge in [-0.15, -0.1) is 0 Å². The van der Waals surface area contributed by atoms with E-state index in [1.807, 2.05) is 0 Å². The Hall–Kier alpha value is -2.37. The summed E-state index contributed by atoms with van der Waals surface area (Å²) in [6, 6.07) is 0. The Kier molecular flexibility index (Phi) is 63.1. The van der Waals surface area contributed by atoms with E-state index in [1.54, 1.807) is 0 Å². The number of unbranched alkanes of at least 4 members (excludes halogenated alkanes) is 46. The topological polar surface area (TPSA) is 78.9 Å². The van der Waals surface area contributed by atoms with Crippen molar-refractivity contribution in [2.24, 2.45) is 0 Å². The van der Waals surface area contributed by atoms with Crippen LogP contribution in [0.1, 0.15) is 374 Å². The molecule has 0 aliphatic rings. The van der Waals surface area contributed by atoms with Crippen LogP contribution in [0.3, 0.4) is 0 Å². The summed E-state index contributed by atoms with van der Waals surface area (Å²) >= 11 is 0. The van der Waals surface area contributed by atoms with Gasteiger partial charge < -0.3 is 14.2 Å². The lowest BCUT2D eigenvalue weighted by molar-refractivity contribution is -0.167. The van der Waals surface area contributed by atoms with Crippen LogP contribution in [0.5, 0.6) is 0 Å². The molecule has 0 aliphatic carbocycles. The molecule has 0 amide bonds. The number of ether oxygens (including phenoxy) is 3. The Morgan fingerprint density at radius 1 is 0.263 bits per heavy atom. The molecule has 446 valence electrons. The Balaban J connectivity index is 4.32. The van der Waals surface area contributed by atoms with Gasteiger partial charge in [0.15, 0.2) is 6.10 Å². The zero-order chi connectivity index (χ0) is 55.0. The SMILES string of the molecule is CCCCCCC/C=C\C/C=C\CCCCCCCCCCCC(=O)OCC(COC(=O)CCCCCCC/C=C\CCCCCCCCC)OC(=O)CCCCCCCCCCCCCCCCCCCCCCC. The smallest absolute Gasteiger partial charge is 0.306 e. The first kappa shape index (κ1) is 73.6. The molecule has 1 unspecified atom stereocenters. The van der Waals surface area contributed by atoms with Gasteiger partial charge in [0.25, 0.3) is 0 Å². The molecule has 0 radical (unpaired) electrons. The predicted octanol–water partition coefficient (Wildman–Crippen LogP) is 23.2. The van der Waals surface area contributed by atoms with Crippen LogP contribution in [-0.2, 0) is 28.6 Å². The van der Waals surface area contributed by atoms with Gasteiger partial charge >= 0.3 is 17.9 Å². The molecule has 0 aromatic rings. The number of carbonyl (C=O) groups excluding carboxylic acids is 3. The van der Waals surface area contributed by atoms with Gasteiger partial charge in [0.05, 0.1) is 0 Å². The van der Waals surface area contributed by atoms with Gasteiger partial charge in [0, 0.05) is 19.3 Å². The first-order valence-corrected chi connectivity index (χ1v) is 34.0. The number of carbonyl (C=O) groups is 3. The minimum Gasteiger partial charge on any atom is -0.462 e. The zero-order valence-electron chi connectivity index (χ0n) is 51.3. The first-order valence-electron chi connectivity index (χ1n) is 34.0. The van der Waals surface area contributed by atoms with Crippen molar-refractivity contribution in [1.82, 2.24) is 0 Å². The fraction of sp³-hybridized carbons (Fsp3) is 0.871. The first-order chi connectivity index (χ1) is 37.5. The van der Waals surface area contributed by atoms with Crippen LogP contribution in [-0.4, -0.2) is 37.2 Å². The van der Waals surface area contributed by atoms with Crippen molar-refractivity contribution in [3.05, 3.63) is 36.5 Å². The van der Waals surface area contributed by atoms with Gasteiger partial charge in [-0.05, 0) is 77.0 Å². The fourth-order valence-corrected chi connectivity index (χ4v) is 10.2. The van der Waals surface area contributed by atoms with Crippen LogP contribution in [0.15, 0.2) is 36.5 Å².